The van der Waals surface area contributed by atoms with E-state index in [1.165, 1.54) is 19.4 Å². The molecule has 1 aromatic heterocycles. The van der Waals surface area contributed by atoms with Gasteiger partial charge >= 0.3 is 11.9 Å². The van der Waals surface area contributed by atoms with E-state index in [4.69, 9.17) is 9.15 Å². The van der Waals surface area contributed by atoms with Crippen molar-refractivity contribution in [1.29, 1.82) is 0 Å². The van der Waals surface area contributed by atoms with Crippen molar-refractivity contribution < 1.29 is 28.3 Å². The van der Waals surface area contributed by atoms with Crippen LogP contribution in [0.3, 0.4) is 0 Å². The number of methoxy groups -OCH3 is 1. The highest BCUT2D eigenvalue weighted by Crippen LogP contribution is 2.06. The third-order valence-electron chi connectivity index (χ3n) is 2.92. The van der Waals surface area contributed by atoms with Crippen molar-refractivity contribution in [3.8, 4) is 0 Å². The largest absolute Gasteiger partial charge is 0.465 e. The molecule has 0 bridgehead atoms. The van der Waals surface area contributed by atoms with Gasteiger partial charge in [0.1, 0.15) is 0 Å². The van der Waals surface area contributed by atoms with Crippen LogP contribution < -0.4 is 5.32 Å². The number of hydrogen-bond acceptors (Lipinski definition) is 6. The molecule has 2 aromatic rings. The summed E-state index contributed by atoms with van der Waals surface area (Å²) in [5.74, 6) is -1.53. The minimum Gasteiger partial charge on any atom is -0.465 e. The lowest BCUT2D eigenvalue weighted by molar-refractivity contribution is -0.124. The first-order valence-corrected chi connectivity index (χ1v) is 6.74. The van der Waals surface area contributed by atoms with E-state index in [-0.39, 0.29) is 12.3 Å². The van der Waals surface area contributed by atoms with E-state index in [0.29, 0.717) is 5.56 Å². The second kappa shape index (κ2) is 7.79. The minimum absolute atomic E-state index is 0.0381. The number of amides is 1. The zero-order chi connectivity index (χ0) is 16.7. The minimum atomic E-state index is -0.701. The molecule has 0 unspecified atom stereocenters. The van der Waals surface area contributed by atoms with E-state index < -0.39 is 24.5 Å². The van der Waals surface area contributed by atoms with Gasteiger partial charge in [0.05, 0.1) is 18.9 Å². The van der Waals surface area contributed by atoms with Crippen molar-refractivity contribution in [2.75, 3.05) is 13.7 Å². The number of nitrogens with one attached hydrogen (secondary N) is 1. The van der Waals surface area contributed by atoms with Crippen molar-refractivity contribution in [3.05, 3.63) is 59.5 Å². The summed E-state index contributed by atoms with van der Waals surface area (Å²) in [7, 11) is 1.31. The Morgan fingerprint density at radius 1 is 1.09 bits per heavy atom. The van der Waals surface area contributed by atoms with Crippen LogP contribution in [-0.4, -0.2) is 31.6 Å². The Bertz CT molecular complexity index is 675. The van der Waals surface area contributed by atoms with Crippen LogP contribution in [0.1, 0.15) is 26.5 Å². The van der Waals surface area contributed by atoms with Crippen LogP contribution in [0.4, 0.5) is 0 Å². The molecule has 7 nitrogen and oxygen atoms in total. The summed E-state index contributed by atoms with van der Waals surface area (Å²) in [6.07, 6.45) is 1.34. The Morgan fingerprint density at radius 3 is 2.43 bits per heavy atom. The second-order valence-electron chi connectivity index (χ2n) is 4.52. The number of esters is 2. The first kappa shape index (κ1) is 16.3. The molecule has 0 aliphatic heterocycles. The van der Waals surface area contributed by atoms with Gasteiger partial charge in [0, 0.05) is 6.54 Å². The molecule has 0 saturated heterocycles. The molecular formula is C16H15NO6. The van der Waals surface area contributed by atoms with E-state index in [0.717, 1.165) is 5.56 Å². The maximum absolute atomic E-state index is 11.6. The van der Waals surface area contributed by atoms with Gasteiger partial charge in [-0.3, -0.25) is 4.79 Å². The number of hydrogen-bond donors (Lipinski definition) is 1. The smallest absolute Gasteiger partial charge is 0.374 e. The van der Waals surface area contributed by atoms with Gasteiger partial charge in [-0.25, -0.2) is 9.59 Å². The lowest BCUT2D eigenvalue weighted by Crippen LogP contribution is -2.28. The van der Waals surface area contributed by atoms with E-state index in [1.807, 2.05) is 0 Å². The van der Waals surface area contributed by atoms with Gasteiger partial charge < -0.3 is 19.2 Å². The fourth-order valence-corrected chi connectivity index (χ4v) is 1.73. The van der Waals surface area contributed by atoms with Crippen LogP contribution in [0.25, 0.3) is 0 Å². The number of rotatable bonds is 6. The molecule has 7 heteroatoms. The van der Waals surface area contributed by atoms with Crippen LogP contribution in [0, 0.1) is 0 Å². The van der Waals surface area contributed by atoms with Crippen LogP contribution in [0.5, 0.6) is 0 Å². The van der Waals surface area contributed by atoms with Gasteiger partial charge in [-0.05, 0) is 29.8 Å². The molecule has 0 aliphatic carbocycles. The number of benzene rings is 1. The van der Waals surface area contributed by atoms with Gasteiger partial charge in [-0.2, -0.15) is 0 Å². The summed E-state index contributed by atoms with van der Waals surface area (Å²) >= 11 is 0. The summed E-state index contributed by atoms with van der Waals surface area (Å²) in [5.41, 5.74) is 1.22. The van der Waals surface area contributed by atoms with Gasteiger partial charge in [-0.1, -0.05) is 12.1 Å². The van der Waals surface area contributed by atoms with Crippen molar-refractivity contribution in [2.45, 2.75) is 6.54 Å². The van der Waals surface area contributed by atoms with Gasteiger partial charge in [0.25, 0.3) is 5.91 Å². The second-order valence-corrected chi connectivity index (χ2v) is 4.52. The molecule has 1 N–H and O–H groups in total. The number of carbonyl (C=O) groups excluding carboxylic acids is 3. The predicted octanol–water partition coefficient (Wildman–Crippen LogP) is 1.54. The molecule has 0 fully saturated rings. The Hall–Kier alpha value is -3.09. The predicted molar refractivity (Wildman–Crippen MR) is 78.6 cm³/mol. The summed E-state index contributed by atoms with van der Waals surface area (Å²) in [6.45, 7) is -0.154. The lowest BCUT2D eigenvalue weighted by Gasteiger charge is -2.06. The zero-order valence-electron chi connectivity index (χ0n) is 12.4. The average Bonchev–Trinajstić information content (AvgIpc) is 3.12. The van der Waals surface area contributed by atoms with E-state index in [9.17, 15) is 14.4 Å². The molecule has 1 heterocycles. The fourth-order valence-electron chi connectivity index (χ4n) is 1.73. The van der Waals surface area contributed by atoms with Crippen LogP contribution in [0.15, 0.2) is 47.1 Å². The van der Waals surface area contributed by atoms with Crippen molar-refractivity contribution >= 4 is 17.8 Å². The van der Waals surface area contributed by atoms with Crippen molar-refractivity contribution in [1.82, 2.24) is 5.32 Å². The third-order valence-corrected chi connectivity index (χ3v) is 2.92. The Morgan fingerprint density at radius 2 is 1.83 bits per heavy atom. The summed E-state index contributed by atoms with van der Waals surface area (Å²) in [4.78, 5) is 34.4. The monoisotopic (exact) mass is 317 g/mol. The average molecular weight is 317 g/mol. The maximum atomic E-state index is 11.6. The van der Waals surface area contributed by atoms with E-state index in [2.05, 4.69) is 10.1 Å². The zero-order valence-corrected chi connectivity index (χ0v) is 12.4. The molecule has 2 rings (SSSR count). The maximum Gasteiger partial charge on any atom is 0.374 e. The molecule has 1 aromatic carbocycles. The Labute approximate surface area is 132 Å². The van der Waals surface area contributed by atoms with E-state index >= 15 is 0 Å². The van der Waals surface area contributed by atoms with Gasteiger partial charge in [0.2, 0.25) is 5.76 Å². The SMILES string of the molecule is COC(=O)c1ccc(CNC(=O)COC(=O)c2ccco2)cc1. The van der Waals surface area contributed by atoms with Gasteiger partial charge in [0.15, 0.2) is 6.61 Å². The highest BCUT2D eigenvalue weighted by atomic mass is 16.5. The van der Waals surface area contributed by atoms with Gasteiger partial charge in [-0.15, -0.1) is 0 Å². The quantitative estimate of drug-likeness (QED) is 0.812. The summed E-state index contributed by atoms with van der Waals surface area (Å²) < 4.78 is 14.2. The molecular weight excluding hydrogens is 302 g/mol. The third kappa shape index (κ3) is 4.70. The first-order valence-electron chi connectivity index (χ1n) is 6.74. The fraction of sp³-hybridized carbons (Fsp3) is 0.188. The van der Waals surface area contributed by atoms with Crippen LogP contribution in [-0.2, 0) is 20.8 Å². The molecule has 0 atom stereocenters. The number of carbonyl (C=O) groups is 3. The first-order chi connectivity index (χ1) is 11.1. The molecule has 0 saturated carbocycles. The number of ether oxygens (including phenoxy) is 2. The highest BCUT2D eigenvalue weighted by Gasteiger charge is 2.12. The summed E-state index contributed by atoms with van der Waals surface area (Å²) in [6, 6.07) is 9.59. The molecule has 0 spiro atoms. The Kier molecular flexibility index (Phi) is 5.51. The highest BCUT2D eigenvalue weighted by molar-refractivity contribution is 5.89. The molecule has 23 heavy (non-hydrogen) atoms. The molecule has 0 radical (unpaired) electrons. The Balaban J connectivity index is 1.76. The lowest BCUT2D eigenvalue weighted by atomic mass is 10.1. The number of furan rings is 1. The molecule has 120 valence electrons. The topological polar surface area (TPSA) is 94.8 Å². The molecule has 1 amide bonds. The van der Waals surface area contributed by atoms with Crippen LogP contribution >= 0.6 is 0 Å². The molecule has 0 aliphatic rings. The summed E-state index contributed by atoms with van der Waals surface area (Å²) in [5, 5.41) is 2.60. The van der Waals surface area contributed by atoms with Crippen molar-refractivity contribution in [3.63, 3.8) is 0 Å². The van der Waals surface area contributed by atoms with E-state index in [1.54, 1.807) is 30.3 Å². The van der Waals surface area contributed by atoms with Crippen LogP contribution in [0.2, 0.25) is 0 Å². The van der Waals surface area contributed by atoms with Crippen molar-refractivity contribution in [2.24, 2.45) is 0 Å². The standard InChI is InChI=1S/C16H15NO6/c1-21-15(19)12-6-4-11(5-7-12)9-17-14(18)10-23-16(20)13-3-2-8-22-13/h2-8H,9-10H2,1H3,(H,17,18). The normalized spacial score (nSPS) is 9.96.